The highest BCUT2D eigenvalue weighted by Crippen LogP contribution is 2.27. The van der Waals surface area contributed by atoms with E-state index in [-0.39, 0.29) is 24.5 Å². The van der Waals surface area contributed by atoms with Crippen molar-refractivity contribution in [3.63, 3.8) is 0 Å². The van der Waals surface area contributed by atoms with Crippen LogP contribution in [0.15, 0.2) is 36.4 Å². The molecule has 0 spiro atoms. The number of ether oxygens (including phenoxy) is 1. The van der Waals surface area contributed by atoms with Crippen LogP contribution in [-0.4, -0.2) is 19.6 Å². The van der Waals surface area contributed by atoms with Crippen LogP contribution in [-0.2, 0) is 4.79 Å². The van der Waals surface area contributed by atoms with Crippen molar-refractivity contribution in [1.82, 2.24) is 10.6 Å². The molecular weight excluding hydrogens is 371 g/mol. The number of hydrogen-bond donors (Lipinski definition) is 2. The van der Waals surface area contributed by atoms with Crippen LogP contribution < -0.4 is 15.4 Å². The minimum atomic E-state index is -0.210. The Morgan fingerprint density at radius 2 is 1.81 bits per heavy atom. The summed E-state index contributed by atoms with van der Waals surface area (Å²) >= 11 is 12.1. The molecule has 6 heteroatoms. The quantitative estimate of drug-likeness (QED) is 0.706. The van der Waals surface area contributed by atoms with Crippen LogP contribution in [0.4, 0.5) is 0 Å². The minimum Gasteiger partial charge on any atom is -0.496 e. The molecule has 1 amide bonds. The third kappa shape index (κ3) is 5.37. The monoisotopic (exact) mass is 394 g/mol. The third-order valence-corrected chi connectivity index (χ3v) is 4.79. The van der Waals surface area contributed by atoms with E-state index in [1.54, 1.807) is 19.2 Å². The summed E-state index contributed by atoms with van der Waals surface area (Å²) in [5, 5.41) is 7.29. The first kappa shape index (κ1) is 20.6. The van der Waals surface area contributed by atoms with Gasteiger partial charge in [-0.3, -0.25) is 4.79 Å². The highest BCUT2D eigenvalue weighted by molar-refractivity contribution is 6.35. The van der Waals surface area contributed by atoms with E-state index in [0.717, 1.165) is 22.4 Å². The van der Waals surface area contributed by atoms with Crippen LogP contribution >= 0.6 is 23.2 Å². The van der Waals surface area contributed by atoms with Crippen LogP contribution in [0.25, 0.3) is 0 Å². The van der Waals surface area contributed by atoms with Gasteiger partial charge in [0, 0.05) is 21.7 Å². The second-order valence-electron chi connectivity index (χ2n) is 6.30. The molecule has 0 aromatic heterocycles. The number of carbonyl (C=O) groups excluding carboxylic acids is 1. The average molecular weight is 395 g/mol. The second kappa shape index (κ2) is 9.26. The number of aryl methyl sites for hydroxylation is 1. The second-order valence-corrected chi connectivity index (χ2v) is 7.15. The number of methoxy groups -OCH3 is 1. The first-order valence-corrected chi connectivity index (χ1v) is 9.19. The molecule has 0 aliphatic rings. The zero-order valence-corrected chi connectivity index (χ0v) is 16.9. The summed E-state index contributed by atoms with van der Waals surface area (Å²) in [4.78, 5) is 12.3. The zero-order valence-electron chi connectivity index (χ0n) is 15.4. The standard InChI is InChI=1S/C20H24Cl2N2O2/c1-12-5-8-19(26-4)17(9-12)13(2)23-11-20(25)24-14(3)16-7-6-15(21)10-18(16)22/h5-10,13-14,23H,11H2,1-4H3,(H,24,25)/t13-,14+/m1/s1. The van der Waals surface area contributed by atoms with Crippen LogP contribution in [0.3, 0.4) is 0 Å². The lowest BCUT2D eigenvalue weighted by Crippen LogP contribution is -2.36. The maximum atomic E-state index is 12.3. The van der Waals surface area contributed by atoms with E-state index in [2.05, 4.69) is 16.7 Å². The van der Waals surface area contributed by atoms with Crippen molar-refractivity contribution in [3.8, 4) is 5.75 Å². The van der Waals surface area contributed by atoms with Crippen molar-refractivity contribution in [2.75, 3.05) is 13.7 Å². The predicted molar refractivity (Wildman–Crippen MR) is 107 cm³/mol. The van der Waals surface area contributed by atoms with E-state index in [4.69, 9.17) is 27.9 Å². The Labute approximate surface area is 164 Å². The summed E-state index contributed by atoms with van der Waals surface area (Å²) in [5.74, 6) is 0.694. The normalized spacial score (nSPS) is 13.2. The summed E-state index contributed by atoms with van der Waals surface area (Å²) in [7, 11) is 1.64. The SMILES string of the molecule is COc1ccc(C)cc1[C@@H](C)NCC(=O)N[C@@H](C)c1ccc(Cl)cc1Cl. The molecule has 2 atom stereocenters. The average Bonchev–Trinajstić information content (AvgIpc) is 2.59. The van der Waals surface area contributed by atoms with Crippen LogP contribution in [0.1, 0.15) is 42.6 Å². The fraction of sp³-hybridized carbons (Fsp3) is 0.350. The molecule has 2 aromatic rings. The van der Waals surface area contributed by atoms with Crippen LogP contribution in [0.5, 0.6) is 5.75 Å². The van der Waals surface area contributed by atoms with Gasteiger partial charge in [-0.25, -0.2) is 0 Å². The molecule has 0 saturated heterocycles. The molecular formula is C20H24Cl2N2O2. The minimum absolute atomic E-state index is 0.0231. The van der Waals surface area contributed by atoms with Gasteiger partial charge < -0.3 is 15.4 Å². The van der Waals surface area contributed by atoms with Crippen LogP contribution in [0, 0.1) is 6.92 Å². The Hall–Kier alpha value is -1.75. The van der Waals surface area contributed by atoms with Gasteiger partial charge in [-0.1, -0.05) is 47.0 Å². The molecule has 2 N–H and O–H groups in total. The molecule has 0 aliphatic heterocycles. The molecule has 140 valence electrons. The highest BCUT2D eigenvalue weighted by atomic mass is 35.5. The Bertz CT molecular complexity index is 780. The molecule has 0 heterocycles. The lowest BCUT2D eigenvalue weighted by Gasteiger charge is -2.20. The summed E-state index contributed by atoms with van der Waals surface area (Å²) in [6.07, 6.45) is 0. The van der Waals surface area contributed by atoms with Gasteiger partial charge >= 0.3 is 0 Å². The summed E-state index contributed by atoms with van der Waals surface area (Å²) in [6, 6.07) is 11.0. The Morgan fingerprint density at radius 3 is 2.46 bits per heavy atom. The van der Waals surface area contributed by atoms with Crippen molar-refractivity contribution in [2.24, 2.45) is 0 Å². The van der Waals surface area contributed by atoms with E-state index in [0.29, 0.717) is 10.0 Å². The molecule has 2 aromatic carbocycles. The fourth-order valence-corrected chi connectivity index (χ4v) is 3.34. The maximum absolute atomic E-state index is 12.3. The molecule has 0 radical (unpaired) electrons. The largest absolute Gasteiger partial charge is 0.496 e. The number of rotatable bonds is 7. The van der Waals surface area contributed by atoms with Gasteiger partial charge in [0.2, 0.25) is 5.91 Å². The van der Waals surface area contributed by atoms with Crippen molar-refractivity contribution in [1.29, 1.82) is 0 Å². The van der Waals surface area contributed by atoms with Gasteiger partial charge in [-0.2, -0.15) is 0 Å². The van der Waals surface area contributed by atoms with Gasteiger partial charge in [0.15, 0.2) is 0 Å². The number of nitrogens with one attached hydrogen (secondary N) is 2. The number of hydrogen-bond acceptors (Lipinski definition) is 3. The molecule has 0 saturated carbocycles. The lowest BCUT2D eigenvalue weighted by molar-refractivity contribution is -0.121. The molecule has 0 bridgehead atoms. The first-order valence-electron chi connectivity index (χ1n) is 8.44. The number of amides is 1. The topological polar surface area (TPSA) is 50.4 Å². The fourth-order valence-electron chi connectivity index (χ4n) is 2.77. The molecule has 0 aliphatic carbocycles. The van der Waals surface area contributed by atoms with Crippen molar-refractivity contribution in [2.45, 2.75) is 32.9 Å². The van der Waals surface area contributed by atoms with Crippen molar-refractivity contribution >= 4 is 29.1 Å². The van der Waals surface area contributed by atoms with Crippen molar-refractivity contribution in [3.05, 3.63) is 63.1 Å². The Balaban J connectivity index is 1.95. The Kier molecular flexibility index (Phi) is 7.33. The first-order chi connectivity index (χ1) is 12.3. The van der Waals surface area contributed by atoms with Crippen LogP contribution in [0.2, 0.25) is 10.0 Å². The predicted octanol–water partition coefficient (Wildman–Crippen LogP) is 4.84. The zero-order chi connectivity index (χ0) is 19.3. The van der Waals surface area contributed by atoms with E-state index in [1.165, 1.54) is 0 Å². The van der Waals surface area contributed by atoms with E-state index in [9.17, 15) is 4.79 Å². The van der Waals surface area contributed by atoms with E-state index < -0.39 is 0 Å². The molecule has 0 unspecified atom stereocenters. The van der Waals surface area contributed by atoms with Gasteiger partial charge in [0.05, 0.1) is 19.7 Å². The van der Waals surface area contributed by atoms with Gasteiger partial charge in [-0.15, -0.1) is 0 Å². The number of benzene rings is 2. The molecule has 26 heavy (non-hydrogen) atoms. The summed E-state index contributed by atoms with van der Waals surface area (Å²) in [5.41, 5.74) is 3.00. The van der Waals surface area contributed by atoms with Gasteiger partial charge in [-0.05, 0) is 44.5 Å². The highest BCUT2D eigenvalue weighted by Gasteiger charge is 2.16. The lowest BCUT2D eigenvalue weighted by atomic mass is 10.0. The molecule has 2 rings (SSSR count). The summed E-state index contributed by atoms with van der Waals surface area (Å²) in [6.45, 7) is 6.11. The van der Waals surface area contributed by atoms with Gasteiger partial charge in [0.1, 0.15) is 5.75 Å². The smallest absolute Gasteiger partial charge is 0.234 e. The van der Waals surface area contributed by atoms with Crippen molar-refractivity contribution < 1.29 is 9.53 Å². The van der Waals surface area contributed by atoms with E-state index >= 15 is 0 Å². The maximum Gasteiger partial charge on any atom is 0.234 e. The third-order valence-electron chi connectivity index (χ3n) is 4.23. The van der Waals surface area contributed by atoms with E-state index in [1.807, 2.05) is 39.0 Å². The molecule has 4 nitrogen and oxygen atoms in total. The van der Waals surface area contributed by atoms with Gasteiger partial charge in [0.25, 0.3) is 0 Å². The molecule has 0 fully saturated rings. The number of halogens is 2. The summed E-state index contributed by atoms with van der Waals surface area (Å²) < 4.78 is 5.41. The Morgan fingerprint density at radius 1 is 1.08 bits per heavy atom. The number of carbonyl (C=O) groups is 1.